The maximum atomic E-state index is 10.1. The lowest BCUT2D eigenvalue weighted by atomic mass is 9.66. The fourth-order valence-corrected chi connectivity index (χ4v) is 14.1. The van der Waals surface area contributed by atoms with E-state index in [4.69, 9.17) is 19.4 Å². The lowest BCUT2D eigenvalue weighted by molar-refractivity contribution is 0.436. The number of benzene rings is 10. The fourth-order valence-electron chi connectivity index (χ4n) is 14.1. The average molecular weight is 1090 g/mol. The van der Waals surface area contributed by atoms with Gasteiger partial charge in [0.1, 0.15) is 11.5 Å². The van der Waals surface area contributed by atoms with Gasteiger partial charge in [-0.25, -0.2) is 0 Å². The molecule has 1 unspecified atom stereocenters. The number of hydrogen-bond acceptors (Lipinski definition) is 8. The third kappa shape index (κ3) is 6.28. The van der Waals surface area contributed by atoms with Crippen LogP contribution in [-0.4, -0.2) is 23.7 Å². The summed E-state index contributed by atoms with van der Waals surface area (Å²) in [6.45, 7) is 0. The predicted octanol–water partition coefficient (Wildman–Crippen LogP) is 17.4. The van der Waals surface area contributed by atoms with Crippen molar-refractivity contribution in [3.05, 3.63) is 276 Å². The number of pyridine rings is 2. The molecule has 11 nitrogen and oxygen atoms in total. The number of nitriles is 3. The van der Waals surface area contributed by atoms with E-state index in [2.05, 4.69) is 164 Å². The molecule has 3 aliphatic rings. The molecule has 11 heteroatoms. The molecule has 7 heterocycles. The van der Waals surface area contributed by atoms with E-state index >= 15 is 0 Å². The molecule has 0 bridgehead atoms. The normalized spacial score (nSPS) is 14.3. The van der Waals surface area contributed by atoms with Gasteiger partial charge in [0.15, 0.2) is 11.5 Å². The molecule has 18 rings (SSSR count). The molecular formula is C74H39N9O2. The predicted molar refractivity (Wildman–Crippen MR) is 331 cm³/mol. The maximum Gasteiger partial charge on any atom is 0.151 e. The van der Waals surface area contributed by atoms with Crippen LogP contribution in [0.5, 0.6) is 23.0 Å². The van der Waals surface area contributed by atoms with Crippen molar-refractivity contribution in [3.63, 3.8) is 0 Å². The van der Waals surface area contributed by atoms with Crippen molar-refractivity contribution in [2.24, 2.45) is 0 Å². The molecular weight excluding hydrogens is 1050 g/mol. The Morgan fingerprint density at radius 2 is 0.694 bits per heavy atom. The summed E-state index contributed by atoms with van der Waals surface area (Å²) in [6, 6.07) is 83.6. The number of fused-ring (bicyclic) bond motifs is 20. The van der Waals surface area contributed by atoms with Crippen LogP contribution in [-0.2, 0) is 5.41 Å². The molecule has 0 radical (unpaired) electrons. The van der Waals surface area contributed by atoms with Gasteiger partial charge in [-0.05, 0) is 121 Å². The highest BCUT2D eigenvalue weighted by Gasteiger charge is 2.53. The first kappa shape index (κ1) is 46.5. The van der Waals surface area contributed by atoms with Crippen molar-refractivity contribution in [1.82, 2.24) is 23.7 Å². The Balaban J connectivity index is 0.957. The summed E-state index contributed by atoms with van der Waals surface area (Å²) < 4.78 is 20.9. The van der Waals surface area contributed by atoms with Crippen LogP contribution in [0.3, 0.4) is 0 Å². The van der Waals surface area contributed by atoms with Gasteiger partial charge in [-0.1, -0.05) is 91.0 Å². The average Bonchev–Trinajstić information content (AvgIpc) is 1.67. The van der Waals surface area contributed by atoms with Crippen LogP contribution in [0, 0.1) is 34.0 Å². The molecule has 5 aromatic heterocycles. The quantitative estimate of drug-likeness (QED) is 0.170. The third-order valence-electron chi connectivity index (χ3n) is 17.6. The van der Waals surface area contributed by atoms with Crippen molar-refractivity contribution >= 4 is 82.5 Å². The van der Waals surface area contributed by atoms with Crippen LogP contribution in [0.1, 0.15) is 38.9 Å². The zero-order valence-corrected chi connectivity index (χ0v) is 44.9. The summed E-state index contributed by atoms with van der Waals surface area (Å²) in [5.74, 6) is 2.72. The Bertz CT molecular complexity index is 5480. The lowest BCUT2D eigenvalue weighted by Gasteiger charge is -2.40. The Hall–Kier alpha value is -12.2. The van der Waals surface area contributed by atoms with Gasteiger partial charge >= 0.3 is 0 Å². The summed E-state index contributed by atoms with van der Waals surface area (Å²) in [5.41, 5.74) is 16.6. The monoisotopic (exact) mass is 1090 g/mol. The highest BCUT2D eigenvalue weighted by atomic mass is 16.5. The van der Waals surface area contributed by atoms with E-state index in [1.54, 1.807) is 0 Å². The first-order chi connectivity index (χ1) is 42.0. The minimum atomic E-state index is -1.12. The molecule has 85 heavy (non-hydrogen) atoms. The van der Waals surface area contributed by atoms with E-state index in [1.807, 2.05) is 109 Å². The zero-order valence-electron chi connectivity index (χ0n) is 44.9. The Morgan fingerprint density at radius 1 is 0.318 bits per heavy atom. The second-order valence-electron chi connectivity index (χ2n) is 21.9. The molecule has 1 atom stereocenters. The first-order valence-corrected chi connectivity index (χ1v) is 27.9. The zero-order chi connectivity index (χ0) is 56.2. The van der Waals surface area contributed by atoms with E-state index in [0.717, 1.165) is 145 Å². The first-order valence-electron chi connectivity index (χ1n) is 27.9. The number of nitrogens with zero attached hydrogens (tertiary/aromatic N) is 9. The van der Waals surface area contributed by atoms with Crippen LogP contribution in [0.2, 0.25) is 0 Å². The van der Waals surface area contributed by atoms with Gasteiger partial charge in [0, 0.05) is 72.4 Å². The van der Waals surface area contributed by atoms with Gasteiger partial charge in [0.25, 0.3) is 0 Å². The Labute approximate surface area is 484 Å². The molecule has 10 aromatic carbocycles. The van der Waals surface area contributed by atoms with Crippen molar-refractivity contribution in [2.75, 3.05) is 4.90 Å². The highest BCUT2D eigenvalue weighted by Crippen LogP contribution is 2.63. The highest BCUT2D eigenvalue weighted by molar-refractivity contribution is 6.12. The topological polar surface area (TPSA) is 134 Å². The summed E-state index contributed by atoms with van der Waals surface area (Å²) in [4.78, 5) is 13.3. The molecule has 15 aromatic rings. The number of ether oxygens (including phenoxy) is 2. The van der Waals surface area contributed by atoms with Gasteiger partial charge in [0.05, 0.1) is 126 Å². The molecule has 1 aliphatic carbocycles. The lowest BCUT2D eigenvalue weighted by Crippen LogP contribution is -2.33. The van der Waals surface area contributed by atoms with Crippen molar-refractivity contribution < 1.29 is 9.47 Å². The second-order valence-corrected chi connectivity index (χ2v) is 21.9. The number of rotatable bonds is 4. The van der Waals surface area contributed by atoms with Crippen LogP contribution in [0.15, 0.2) is 237 Å². The van der Waals surface area contributed by atoms with Gasteiger partial charge < -0.3 is 28.1 Å². The molecule has 1 spiro atoms. The molecule has 392 valence electrons. The van der Waals surface area contributed by atoms with Gasteiger partial charge in [-0.3, -0.25) is 9.97 Å². The Morgan fingerprint density at radius 3 is 1.18 bits per heavy atom. The van der Waals surface area contributed by atoms with Crippen molar-refractivity contribution in [1.29, 1.82) is 15.8 Å². The number of hydrogen-bond donors (Lipinski definition) is 0. The third-order valence-corrected chi connectivity index (χ3v) is 17.6. The fraction of sp³-hybridized carbons (Fsp3) is 0.0135. The standard InChI is InChI=1S/C74H39N9O2/c75-38-43-21-28-63-53(31-43)52-13-3-6-16-62(52)83(63)49-35-59-73(79-42-49)72-58(34-48(41-78-72)82-60-14-4-1-11-50(60)51-12-2-5-15-61(51)82)74(59)56-26-24-46(80-64-29-22-44(39-76)32-54(64)55-33-45(40-77)23-30-65(55)80)36-70(56)85-71-37-47(25-27-57(71)74)81-66-17-7-9-19-68(66)84-69-20-10-8-18-67(69)81/h1-37,41-42H. The van der Waals surface area contributed by atoms with Crippen LogP contribution < -0.4 is 14.4 Å². The molecule has 0 N–H and O–H groups in total. The summed E-state index contributed by atoms with van der Waals surface area (Å²) in [7, 11) is 0. The largest absolute Gasteiger partial charge is 0.457 e. The Kier molecular flexibility index (Phi) is 9.39. The van der Waals surface area contributed by atoms with Crippen LogP contribution >= 0.6 is 0 Å². The van der Waals surface area contributed by atoms with E-state index in [0.29, 0.717) is 28.2 Å². The smallest absolute Gasteiger partial charge is 0.151 e. The van der Waals surface area contributed by atoms with Gasteiger partial charge in [-0.2, -0.15) is 15.8 Å². The van der Waals surface area contributed by atoms with Crippen LogP contribution in [0.4, 0.5) is 17.1 Å². The van der Waals surface area contributed by atoms with Gasteiger partial charge in [-0.15, -0.1) is 0 Å². The molecule has 0 saturated heterocycles. The van der Waals surface area contributed by atoms with Gasteiger partial charge in [0.2, 0.25) is 0 Å². The second kappa shape index (κ2) is 17.2. The minimum absolute atomic E-state index is 0.524. The molecule has 0 amide bonds. The van der Waals surface area contributed by atoms with Crippen molar-refractivity contribution in [3.8, 4) is 69.7 Å². The number of para-hydroxylation sites is 7. The van der Waals surface area contributed by atoms with Crippen molar-refractivity contribution in [2.45, 2.75) is 5.41 Å². The van der Waals surface area contributed by atoms with E-state index in [9.17, 15) is 15.8 Å². The van der Waals surface area contributed by atoms with E-state index < -0.39 is 5.41 Å². The van der Waals surface area contributed by atoms with E-state index in [-0.39, 0.29) is 0 Å². The summed E-state index contributed by atoms with van der Waals surface area (Å²) in [6.07, 6.45) is 3.93. The number of anilines is 3. The number of aromatic nitrogens is 5. The molecule has 2 aliphatic heterocycles. The summed E-state index contributed by atoms with van der Waals surface area (Å²) >= 11 is 0. The van der Waals surface area contributed by atoms with E-state index in [1.165, 1.54) is 0 Å². The minimum Gasteiger partial charge on any atom is -0.457 e. The molecule has 0 fully saturated rings. The summed E-state index contributed by atoms with van der Waals surface area (Å²) in [5, 5.41) is 36.4. The molecule has 0 saturated carbocycles. The van der Waals surface area contributed by atoms with Crippen LogP contribution in [0.25, 0.3) is 93.9 Å². The SMILES string of the molecule is N#Cc1ccc2c(c1)c1ccccc1n2-c1cnc2c(c1)C1(c3ccc(N4c5ccccc5Oc5ccccc54)cc3Oc3cc(-n4c5ccc(C#N)cc5c5cc(C#N)ccc54)ccc31)c1cc(-n3c4ccccc4c4ccccc43)cnc1-2. The maximum absolute atomic E-state index is 10.1.